The highest BCUT2D eigenvalue weighted by Crippen LogP contribution is 2.30. The number of piperidine rings is 1. The lowest BCUT2D eigenvalue weighted by molar-refractivity contribution is -0.137. The number of hydrogen-bond acceptors (Lipinski definition) is 6. The summed E-state index contributed by atoms with van der Waals surface area (Å²) in [7, 11) is 0. The summed E-state index contributed by atoms with van der Waals surface area (Å²) in [6, 6.07) is 11.2. The summed E-state index contributed by atoms with van der Waals surface area (Å²) < 4.78 is 0. The van der Waals surface area contributed by atoms with Crippen molar-refractivity contribution in [1.29, 1.82) is 0 Å². The second-order valence-corrected chi connectivity index (χ2v) is 7.23. The fraction of sp³-hybridized carbons (Fsp3) is 0.350. The van der Waals surface area contributed by atoms with Crippen LogP contribution in [0.1, 0.15) is 24.0 Å². The number of amides is 1. The lowest BCUT2D eigenvalue weighted by Gasteiger charge is -2.27. The largest absolute Gasteiger partial charge is 0.505 e. The first-order chi connectivity index (χ1) is 13.5. The van der Waals surface area contributed by atoms with Crippen LogP contribution in [-0.2, 0) is 11.3 Å². The molecule has 0 saturated carbocycles. The van der Waals surface area contributed by atoms with E-state index in [1.165, 1.54) is 9.81 Å². The highest BCUT2D eigenvalue weighted by atomic mass is 16.3. The van der Waals surface area contributed by atoms with E-state index in [0.29, 0.717) is 17.8 Å². The van der Waals surface area contributed by atoms with E-state index in [2.05, 4.69) is 15.5 Å². The van der Waals surface area contributed by atoms with Crippen LogP contribution < -0.4 is 11.2 Å². The lowest BCUT2D eigenvalue weighted by atomic mass is 9.98. The molecule has 1 atom stereocenters. The molecule has 0 radical (unpaired) electrons. The molecule has 0 spiro atoms. The number of fused-ring (bicyclic) bond motifs is 1. The third-order valence-corrected chi connectivity index (χ3v) is 5.19. The molecule has 4 N–H and O–H groups in total. The van der Waals surface area contributed by atoms with Gasteiger partial charge in [-0.25, -0.2) is 5.84 Å². The minimum absolute atomic E-state index is 0.0327. The van der Waals surface area contributed by atoms with Gasteiger partial charge in [-0.1, -0.05) is 24.3 Å². The SMILES string of the molecule is Cc1ccc(CN(N)C(=O)C2CCCNC2)c(O)c1-n1nc2ccccc2n1. The minimum Gasteiger partial charge on any atom is -0.505 e. The maximum absolute atomic E-state index is 12.6. The molecule has 1 unspecified atom stereocenters. The van der Waals surface area contributed by atoms with Crippen molar-refractivity contribution in [1.82, 2.24) is 25.3 Å². The van der Waals surface area contributed by atoms with Crippen LogP contribution >= 0.6 is 0 Å². The number of rotatable bonds is 4. The molecule has 2 heterocycles. The van der Waals surface area contributed by atoms with Gasteiger partial charge >= 0.3 is 0 Å². The van der Waals surface area contributed by atoms with Gasteiger partial charge in [0.1, 0.15) is 22.5 Å². The number of nitrogens with one attached hydrogen (secondary N) is 1. The van der Waals surface area contributed by atoms with Crippen LogP contribution in [0.4, 0.5) is 0 Å². The minimum atomic E-state index is -0.121. The molecule has 146 valence electrons. The van der Waals surface area contributed by atoms with Crippen LogP contribution in [0.2, 0.25) is 0 Å². The number of aromatic hydroxyl groups is 1. The Balaban J connectivity index is 1.62. The Hall–Kier alpha value is -2.97. The first-order valence-electron chi connectivity index (χ1n) is 9.45. The number of phenolic OH excluding ortho intramolecular Hbond substituents is 1. The molecule has 1 saturated heterocycles. The molecule has 1 aliphatic rings. The Morgan fingerprint density at radius 2 is 2.00 bits per heavy atom. The molecular formula is C20H24N6O2. The van der Waals surface area contributed by atoms with Crippen LogP contribution in [0.15, 0.2) is 36.4 Å². The average Bonchev–Trinajstić information content (AvgIpc) is 3.14. The van der Waals surface area contributed by atoms with E-state index in [4.69, 9.17) is 5.84 Å². The molecule has 8 nitrogen and oxygen atoms in total. The maximum Gasteiger partial charge on any atom is 0.241 e. The Morgan fingerprint density at radius 3 is 2.64 bits per heavy atom. The predicted molar refractivity (Wildman–Crippen MR) is 106 cm³/mol. The quantitative estimate of drug-likeness (QED) is 0.361. The zero-order chi connectivity index (χ0) is 19.7. The summed E-state index contributed by atoms with van der Waals surface area (Å²) in [6.45, 7) is 3.57. The van der Waals surface area contributed by atoms with Crippen molar-refractivity contribution in [3.63, 3.8) is 0 Å². The number of carbonyl (C=O) groups is 1. The lowest BCUT2D eigenvalue weighted by Crippen LogP contribution is -2.45. The van der Waals surface area contributed by atoms with Gasteiger partial charge in [0, 0.05) is 12.1 Å². The van der Waals surface area contributed by atoms with Crippen molar-refractivity contribution in [2.75, 3.05) is 13.1 Å². The number of nitrogens with zero attached hydrogens (tertiary/aromatic N) is 4. The van der Waals surface area contributed by atoms with Gasteiger partial charge in [0.25, 0.3) is 0 Å². The number of hydrogen-bond donors (Lipinski definition) is 3. The summed E-state index contributed by atoms with van der Waals surface area (Å²) in [5.74, 6) is 5.84. The molecule has 8 heteroatoms. The third-order valence-electron chi connectivity index (χ3n) is 5.19. The van der Waals surface area contributed by atoms with Crippen molar-refractivity contribution in [2.24, 2.45) is 11.8 Å². The third kappa shape index (κ3) is 3.44. The summed E-state index contributed by atoms with van der Waals surface area (Å²) in [5, 5.41) is 24.2. The fourth-order valence-electron chi connectivity index (χ4n) is 3.62. The molecule has 4 rings (SSSR count). The summed E-state index contributed by atoms with van der Waals surface area (Å²) in [5.41, 5.74) is 3.36. The molecular weight excluding hydrogens is 356 g/mol. The molecule has 1 fully saturated rings. The molecule has 0 aliphatic carbocycles. The maximum atomic E-state index is 12.6. The van der Waals surface area contributed by atoms with E-state index < -0.39 is 0 Å². The number of nitrogens with two attached hydrogens (primary N) is 1. The van der Waals surface area contributed by atoms with Crippen molar-refractivity contribution in [3.05, 3.63) is 47.5 Å². The van der Waals surface area contributed by atoms with Crippen LogP contribution in [-0.4, -0.2) is 44.1 Å². The molecule has 0 bridgehead atoms. The number of carbonyl (C=O) groups excluding carboxylic acids is 1. The van der Waals surface area contributed by atoms with E-state index in [9.17, 15) is 9.90 Å². The highest BCUT2D eigenvalue weighted by molar-refractivity contribution is 5.79. The van der Waals surface area contributed by atoms with E-state index in [0.717, 1.165) is 36.0 Å². The fourth-order valence-corrected chi connectivity index (χ4v) is 3.62. The topological polar surface area (TPSA) is 109 Å². The van der Waals surface area contributed by atoms with E-state index in [-0.39, 0.29) is 24.1 Å². The number of aromatic nitrogens is 3. The predicted octanol–water partition coefficient (Wildman–Crippen LogP) is 1.64. The van der Waals surface area contributed by atoms with Gasteiger partial charge in [0.05, 0.1) is 12.5 Å². The first kappa shape index (κ1) is 18.4. The van der Waals surface area contributed by atoms with Crippen LogP contribution in [0.25, 0.3) is 16.7 Å². The van der Waals surface area contributed by atoms with Crippen LogP contribution in [0.3, 0.4) is 0 Å². The monoisotopic (exact) mass is 380 g/mol. The smallest absolute Gasteiger partial charge is 0.241 e. The van der Waals surface area contributed by atoms with Gasteiger partial charge in [0.15, 0.2) is 0 Å². The molecule has 1 aromatic heterocycles. The Kier molecular flexibility index (Phi) is 4.97. The second-order valence-electron chi connectivity index (χ2n) is 7.23. The van der Waals surface area contributed by atoms with Crippen molar-refractivity contribution in [2.45, 2.75) is 26.3 Å². The first-order valence-corrected chi connectivity index (χ1v) is 9.45. The second kappa shape index (κ2) is 7.57. The van der Waals surface area contributed by atoms with E-state index >= 15 is 0 Å². The van der Waals surface area contributed by atoms with Gasteiger partial charge in [-0.15, -0.1) is 15.0 Å². The Labute approximate surface area is 162 Å². The molecule has 3 aromatic rings. The van der Waals surface area contributed by atoms with Crippen molar-refractivity contribution >= 4 is 16.9 Å². The molecule has 1 amide bonds. The Morgan fingerprint density at radius 1 is 1.29 bits per heavy atom. The Bertz CT molecular complexity index is 976. The van der Waals surface area contributed by atoms with Gasteiger partial charge in [-0.05, 0) is 44.0 Å². The normalized spacial score (nSPS) is 17.0. The summed E-state index contributed by atoms with van der Waals surface area (Å²) >= 11 is 0. The zero-order valence-electron chi connectivity index (χ0n) is 15.8. The van der Waals surface area contributed by atoms with Gasteiger partial charge < -0.3 is 10.4 Å². The van der Waals surface area contributed by atoms with Crippen molar-refractivity contribution < 1.29 is 9.90 Å². The zero-order valence-corrected chi connectivity index (χ0v) is 15.8. The average molecular weight is 380 g/mol. The number of aryl methyl sites for hydroxylation is 1. The molecule has 2 aromatic carbocycles. The number of hydrazine groups is 1. The van der Waals surface area contributed by atoms with Gasteiger partial charge in [-0.2, -0.15) is 0 Å². The highest BCUT2D eigenvalue weighted by Gasteiger charge is 2.25. The van der Waals surface area contributed by atoms with E-state index in [1.807, 2.05) is 37.3 Å². The van der Waals surface area contributed by atoms with Crippen LogP contribution in [0, 0.1) is 12.8 Å². The summed E-state index contributed by atoms with van der Waals surface area (Å²) in [4.78, 5) is 14.0. The van der Waals surface area contributed by atoms with Gasteiger partial charge in [-0.3, -0.25) is 9.80 Å². The standard InChI is InChI=1S/C20H24N6O2/c1-13-8-9-15(12-25(21)20(28)14-5-4-10-22-11-14)19(27)18(13)26-23-16-6-2-3-7-17(16)24-26/h2-3,6-9,14,22,27H,4-5,10-12,21H2,1H3. The van der Waals surface area contributed by atoms with E-state index in [1.54, 1.807) is 6.07 Å². The summed E-state index contributed by atoms with van der Waals surface area (Å²) in [6.07, 6.45) is 1.79. The molecule has 28 heavy (non-hydrogen) atoms. The molecule has 1 aliphatic heterocycles. The number of phenols is 1. The number of benzene rings is 2. The van der Waals surface area contributed by atoms with Gasteiger partial charge in [0.2, 0.25) is 5.91 Å². The van der Waals surface area contributed by atoms with Crippen LogP contribution in [0.5, 0.6) is 5.75 Å². The van der Waals surface area contributed by atoms with Crippen molar-refractivity contribution in [3.8, 4) is 11.4 Å².